The summed E-state index contributed by atoms with van der Waals surface area (Å²) in [6.07, 6.45) is 4.29. The number of rotatable bonds is 1. The van der Waals surface area contributed by atoms with E-state index in [0.29, 0.717) is 0 Å². The van der Waals surface area contributed by atoms with Gasteiger partial charge in [-0.25, -0.2) is 0 Å². The van der Waals surface area contributed by atoms with Crippen molar-refractivity contribution in [1.82, 2.24) is 5.32 Å². The maximum atomic E-state index is 5.71. The lowest BCUT2D eigenvalue weighted by Gasteiger charge is -2.15. The molecule has 1 aromatic carbocycles. The van der Waals surface area contributed by atoms with Crippen LogP contribution >= 0.6 is 0 Å². The van der Waals surface area contributed by atoms with Gasteiger partial charge in [-0.3, -0.25) is 0 Å². The van der Waals surface area contributed by atoms with Crippen LogP contribution in [0.3, 0.4) is 0 Å². The van der Waals surface area contributed by atoms with E-state index in [2.05, 4.69) is 23.5 Å². The van der Waals surface area contributed by atoms with Gasteiger partial charge in [-0.2, -0.15) is 0 Å². The summed E-state index contributed by atoms with van der Waals surface area (Å²) < 4.78 is 11.3. The summed E-state index contributed by atoms with van der Waals surface area (Å²) in [5.74, 6) is 1.76. The van der Waals surface area contributed by atoms with Gasteiger partial charge in [0.25, 0.3) is 0 Å². The third kappa shape index (κ3) is 2.29. The molecule has 2 aliphatic heterocycles. The smallest absolute Gasteiger partial charge is 0.161 e. The second-order valence-corrected chi connectivity index (χ2v) is 4.40. The van der Waals surface area contributed by atoms with Crippen LogP contribution < -0.4 is 14.8 Å². The Kier molecular flexibility index (Phi) is 3.01. The molecule has 0 aliphatic carbocycles. The Labute approximate surface area is 101 Å². The van der Waals surface area contributed by atoms with Gasteiger partial charge in [0, 0.05) is 13.0 Å². The van der Waals surface area contributed by atoms with E-state index in [-0.39, 0.29) is 0 Å². The maximum absolute atomic E-state index is 5.71. The molecule has 0 saturated carbocycles. The summed E-state index contributed by atoms with van der Waals surface area (Å²) in [6.45, 7) is 3.51. The molecular formula is C14H17NO2. The molecule has 0 aromatic heterocycles. The average Bonchev–Trinajstić information content (AvgIpc) is 2.64. The predicted octanol–water partition coefficient (Wildman–Crippen LogP) is 2.22. The molecule has 0 bridgehead atoms. The third-order valence-electron chi connectivity index (χ3n) is 3.18. The monoisotopic (exact) mass is 231 g/mol. The molecule has 0 atom stereocenters. The van der Waals surface area contributed by atoms with E-state index in [0.717, 1.165) is 50.6 Å². The first-order valence-corrected chi connectivity index (χ1v) is 6.23. The minimum Gasteiger partial charge on any atom is -0.490 e. The first-order chi connectivity index (χ1) is 8.43. The van der Waals surface area contributed by atoms with E-state index in [1.54, 1.807) is 0 Å². The quantitative estimate of drug-likeness (QED) is 0.804. The van der Waals surface area contributed by atoms with E-state index in [4.69, 9.17) is 9.47 Å². The highest BCUT2D eigenvalue weighted by Crippen LogP contribution is 2.33. The van der Waals surface area contributed by atoms with Crippen LogP contribution in [0.15, 0.2) is 24.3 Å². The molecule has 0 radical (unpaired) electrons. The van der Waals surface area contributed by atoms with E-state index in [9.17, 15) is 0 Å². The molecule has 1 aromatic rings. The fourth-order valence-corrected chi connectivity index (χ4v) is 2.25. The molecule has 0 saturated heterocycles. The van der Waals surface area contributed by atoms with Gasteiger partial charge in [0.15, 0.2) is 11.5 Å². The van der Waals surface area contributed by atoms with Crippen molar-refractivity contribution in [2.24, 2.45) is 0 Å². The van der Waals surface area contributed by atoms with Crippen molar-refractivity contribution < 1.29 is 9.47 Å². The molecule has 2 heterocycles. The van der Waals surface area contributed by atoms with Gasteiger partial charge >= 0.3 is 0 Å². The van der Waals surface area contributed by atoms with Crippen molar-refractivity contribution in [3.8, 4) is 11.5 Å². The Bertz CT molecular complexity index is 440. The van der Waals surface area contributed by atoms with Crippen LogP contribution in [0.25, 0.3) is 5.57 Å². The number of ether oxygens (including phenoxy) is 2. The van der Waals surface area contributed by atoms with Gasteiger partial charge in [0.05, 0.1) is 13.2 Å². The van der Waals surface area contributed by atoms with Gasteiger partial charge in [-0.1, -0.05) is 12.1 Å². The minimum absolute atomic E-state index is 0.747. The van der Waals surface area contributed by atoms with Crippen molar-refractivity contribution in [1.29, 1.82) is 0 Å². The van der Waals surface area contributed by atoms with Crippen LogP contribution in [0.4, 0.5) is 0 Å². The van der Waals surface area contributed by atoms with Crippen LogP contribution in [-0.4, -0.2) is 26.3 Å². The van der Waals surface area contributed by atoms with Gasteiger partial charge in [0.2, 0.25) is 0 Å². The third-order valence-corrected chi connectivity index (χ3v) is 3.18. The highest BCUT2D eigenvalue weighted by Gasteiger charge is 2.13. The van der Waals surface area contributed by atoms with Gasteiger partial charge in [-0.15, -0.1) is 0 Å². The number of benzene rings is 1. The van der Waals surface area contributed by atoms with Gasteiger partial charge in [0.1, 0.15) is 0 Å². The summed E-state index contributed by atoms with van der Waals surface area (Å²) in [5, 5.41) is 3.32. The van der Waals surface area contributed by atoms with E-state index >= 15 is 0 Å². The summed E-state index contributed by atoms with van der Waals surface area (Å²) in [5.41, 5.74) is 2.66. The zero-order chi connectivity index (χ0) is 11.5. The number of hydrogen-bond donors (Lipinski definition) is 1. The first-order valence-electron chi connectivity index (χ1n) is 6.23. The highest BCUT2D eigenvalue weighted by molar-refractivity contribution is 5.69. The molecular weight excluding hydrogens is 214 g/mol. The lowest BCUT2D eigenvalue weighted by molar-refractivity contribution is 0.297. The van der Waals surface area contributed by atoms with E-state index < -0.39 is 0 Å². The standard InChI is InChI=1S/C14H17NO2/c1-8-16-13-3-2-12(10-14(13)17-9-1)11-4-6-15-7-5-11/h2-4,10,15H,1,5-9H2. The fourth-order valence-electron chi connectivity index (χ4n) is 2.25. The van der Waals surface area contributed by atoms with Crippen molar-refractivity contribution in [3.05, 3.63) is 29.8 Å². The fraction of sp³-hybridized carbons (Fsp3) is 0.429. The number of hydrogen-bond acceptors (Lipinski definition) is 3. The first kappa shape index (κ1) is 10.7. The number of fused-ring (bicyclic) bond motifs is 1. The van der Waals surface area contributed by atoms with Crippen LogP contribution in [-0.2, 0) is 0 Å². The molecule has 2 aliphatic rings. The highest BCUT2D eigenvalue weighted by atomic mass is 16.5. The Hall–Kier alpha value is -1.48. The Balaban J connectivity index is 1.91. The molecule has 17 heavy (non-hydrogen) atoms. The molecule has 3 rings (SSSR count). The molecule has 0 fully saturated rings. The molecule has 90 valence electrons. The minimum atomic E-state index is 0.747. The SMILES string of the molecule is C1=C(c2ccc3c(c2)OCCCO3)CCNC1. The van der Waals surface area contributed by atoms with E-state index in [1.165, 1.54) is 11.1 Å². The van der Waals surface area contributed by atoms with Crippen molar-refractivity contribution in [2.45, 2.75) is 12.8 Å². The van der Waals surface area contributed by atoms with Gasteiger partial charge in [-0.05, 0) is 36.2 Å². The van der Waals surface area contributed by atoms with Crippen LogP contribution in [0, 0.1) is 0 Å². The molecule has 0 amide bonds. The summed E-state index contributed by atoms with van der Waals surface area (Å²) in [6, 6.07) is 6.27. The Morgan fingerprint density at radius 3 is 2.76 bits per heavy atom. The average molecular weight is 231 g/mol. The van der Waals surface area contributed by atoms with Crippen molar-refractivity contribution >= 4 is 5.57 Å². The number of nitrogens with one attached hydrogen (secondary N) is 1. The Morgan fingerprint density at radius 2 is 1.94 bits per heavy atom. The molecule has 1 N–H and O–H groups in total. The summed E-state index contributed by atoms with van der Waals surface area (Å²) in [7, 11) is 0. The van der Waals surface area contributed by atoms with Crippen LogP contribution in [0.2, 0.25) is 0 Å². The molecule has 3 heteroatoms. The Morgan fingerprint density at radius 1 is 1.06 bits per heavy atom. The van der Waals surface area contributed by atoms with Crippen molar-refractivity contribution in [3.63, 3.8) is 0 Å². The molecule has 0 unspecified atom stereocenters. The zero-order valence-electron chi connectivity index (χ0n) is 9.87. The topological polar surface area (TPSA) is 30.5 Å². The maximum Gasteiger partial charge on any atom is 0.161 e. The van der Waals surface area contributed by atoms with Crippen molar-refractivity contribution in [2.75, 3.05) is 26.3 Å². The predicted molar refractivity (Wildman–Crippen MR) is 67.5 cm³/mol. The largest absolute Gasteiger partial charge is 0.490 e. The van der Waals surface area contributed by atoms with Gasteiger partial charge < -0.3 is 14.8 Å². The molecule has 0 spiro atoms. The van der Waals surface area contributed by atoms with Crippen LogP contribution in [0.5, 0.6) is 11.5 Å². The molecule has 3 nitrogen and oxygen atoms in total. The second kappa shape index (κ2) is 4.80. The zero-order valence-corrected chi connectivity index (χ0v) is 9.87. The van der Waals surface area contributed by atoms with E-state index in [1.807, 2.05) is 6.07 Å². The lowest BCUT2D eigenvalue weighted by Crippen LogP contribution is -2.20. The normalized spacial score (nSPS) is 19.4. The summed E-state index contributed by atoms with van der Waals surface area (Å²) >= 11 is 0. The van der Waals surface area contributed by atoms with Crippen LogP contribution in [0.1, 0.15) is 18.4 Å². The lowest BCUT2D eigenvalue weighted by atomic mass is 10.00. The summed E-state index contributed by atoms with van der Waals surface area (Å²) in [4.78, 5) is 0. The second-order valence-electron chi connectivity index (χ2n) is 4.40.